The summed E-state index contributed by atoms with van der Waals surface area (Å²) in [7, 11) is 0. The van der Waals surface area contributed by atoms with Crippen LogP contribution in [0.5, 0.6) is 0 Å². The molecule has 2 aromatic carbocycles. The highest BCUT2D eigenvalue weighted by atomic mass is 35.5. The number of esters is 1. The summed E-state index contributed by atoms with van der Waals surface area (Å²) in [6.45, 7) is 3.35. The number of H-pyrrole nitrogens is 1. The highest BCUT2D eigenvalue weighted by Crippen LogP contribution is 2.21. The second-order valence-electron chi connectivity index (χ2n) is 6.03. The molecule has 1 heterocycles. The number of amides is 1. The molecule has 1 amide bonds. The first kappa shape index (κ1) is 18.7. The molecule has 27 heavy (non-hydrogen) atoms. The Balaban J connectivity index is 1.64. The third-order valence-corrected chi connectivity index (χ3v) is 4.21. The largest absolute Gasteiger partial charge is 0.448 e. The molecule has 0 saturated heterocycles. The van der Waals surface area contributed by atoms with E-state index in [-0.39, 0.29) is 5.69 Å². The second-order valence-corrected chi connectivity index (χ2v) is 6.47. The number of aromatic nitrogens is 2. The summed E-state index contributed by atoms with van der Waals surface area (Å²) in [5.74, 6) is -1.10. The van der Waals surface area contributed by atoms with Crippen molar-refractivity contribution in [2.45, 2.75) is 20.0 Å². The smallest absolute Gasteiger partial charge is 0.357 e. The Morgan fingerprint density at radius 2 is 1.89 bits per heavy atom. The summed E-state index contributed by atoms with van der Waals surface area (Å²) in [4.78, 5) is 24.6. The van der Waals surface area contributed by atoms with Crippen LogP contribution < -0.4 is 5.32 Å². The van der Waals surface area contributed by atoms with E-state index in [4.69, 9.17) is 16.3 Å². The van der Waals surface area contributed by atoms with E-state index in [1.165, 1.54) is 6.92 Å². The molecule has 0 spiro atoms. The fourth-order valence-corrected chi connectivity index (χ4v) is 2.60. The van der Waals surface area contributed by atoms with Gasteiger partial charge in [0.05, 0.1) is 5.69 Å². The number of nitrogens with zero attached hydrogens (tertiary/aromatic N) is 1. The molecule has 0 saturated carbocycles. The van der Waals surface area contributed by atoms with Crippen molar-refractivity contribution in [3.63, 3.8) is 0 Å². The van der Waals surface area contributed by atoms with Crippen LogP contribution in [0.4, 0.5) is 5.69 Å². The van der Waals surface area contributed by atoms with Gasteiger partial charge in [0.1, 0.15) is 5.69 Å². The van der Waals surface area contributed by atoms with E-state index in [1.807, 2.05) is 37.3 Å². The first-order valence-corrected chi connectivity index (χ1v) is 8.70. The standard InChI is InChI=1S/C20H18ClN3O3/c1-12-8-9-15(21)10-16(12)22-19(25)13(2)27-20(26)18-11-17(23-24-18)14-6-4-3-5-7-14/h3-11,13H,1-2H3,(H,22,25)(H,23,24)/t13-/m0/s1. The van der Waals surface area contributed by atoms with Gasteiger partial charge >= 0.3 is 5.97 Å². The third kappa shape index (κ3) is 4.54. The zero-order valence-electron chi connectivity index (χ0n) is 14.8. The molecular weight excluding hydrogens is 366 g/mol. The lowest BCUT2D eigenvalue weighted by Crippen LogP contribution is -2.30. The Morgan fingerprint density at radius 1 is 1.15 bits per heavy atom. The van der Waals surface area contributed by atoms with Crippen molar-refractivity contribution in [2.24, 2.45) is 0 Å². The number of benzene rings is 2. The maximum atomic E-state index is 12.3. The first-order chi connectivity index (χ1) is 12.9. The van der Waals surface area contributed by atoms with E-state index in [9.17, 15) is 9.59 Å². The molecule has 0 unspecified atom stereocenters. The van der Waals surface area contributed by atoms with Crippen molar-refractivity contribution < 1.29 is 14.3 Å². The molecule has 0 aliphatic heterocycles. The number of hydrogen-bond acceptors (Lipinski definition) is 4. The normalized spacial score (nSPS) is 11.7. The van der Waals surface area contributed by atoms with Crippen LogP contribution in [-0.4, -0.2) is 28.2 Å². The van der Waals surface area contributed by atoms with Crippen LogP contribution in [0.3, 0.4) is 0 Å². The number of carbonyl (C=O) groups is 2. The molecule has 3 rings (SSSR count). The zero-order chi connectivity index (χ0) is 19.4. The Labute approximate surface area is 161 Å². The highest BCUT2D eigenvalue weighted by molar-refractivity contribution is 6.31. The van der Waals surface area contributed by atoms with E-state index in [1.54, 1.807) is 24.3 Å². The lowest BCUT2D eigenvalue weighted by molar-refractivity contribution is -0.123. The van der Waals surface area contributed by atoms with Gasteiger partial charge in [-0.25, -0.2) is 4.79 Å². The maximum absolute atomic E-state index is 12.3. The van der Waals surface area contributed by atoms with Crippen LogP contribution in [0.1, 0.15) is 23.0 Å². The Hall–Kier alpha value is -3.12. The summed E-state index contributed by atoms with van der Waals surface area (Å²) in [5.41, 5.74) is 3.09. The predicted octanol–water partition coefficient (Wildman–Crippen LogP) is 4.22. The topological polar surface area (TPSA) is 84.1 Å². The monoisotopic (exact) mass is 383 g/mol. The van der Waals surface area contributed by atoms with Crippen LogP contribution in [0.15, 0.2) is 54.6 Å². The number of aryl methyl sites for hydroxylation is 1. The van der Waals surface area contributed by atoms with Crippen LogP contribution in [0.25, 0.3) is 11.3 Å². The second kappa shape index (κ2) is 8.05. The van der Waals surface area contributed by atoms with Crippen LogP contribution >= 0.6 is 11.6 Å². The third-order valence-electron chi connectivity index (χ3n) is 3.98. The molecule has 1 atom stereocenters. The number of aromatic amines is 1. The van der Waals surface area contributed by atoms with Crippen molar-refractivity contribution in [1.29, 1.82) is 0 Å². The highest BCUT2D eigenvalue weighted by Gasteiger charge is 2.21. The molecule has 3 aromatic rings. The van der Waals surface area contributed by atoms with E-state index >= 15 is 0 Å². The predicted molar refractivity (Wildman–Crippen MR) is 104 cm³/mol. The SMILES string of the molecule is Cc1ccc(Cl)cc1NC(=O)[C@H](C)OC(=O)c1cc(-c2ccccc2)n[nH]1. The molecule has 0 fully saturated rings. The molecule has 2 N–H and O–H groups in total. The molecule has 138 valence electrons. The van der Waals surface area contributed by atoms with Crippen molar-refractivity contribution >= 4 is 29.2 Å². The van der Waals surface area contributed by atoms with Gasteiger partial charge in [0.2, 0.25) is 0 Å². The summed E-state index contributed by atoms with van der Waals surface area (Å²) < 4.78 is 5.23. The average molecular weight is 384 g/mol. The summed E-state index contributed by atoms with van der Waals surface area (Å²) >= 11 is 5.95. The number of nitrogens with one attached hydrogen (secondary N) is 2. The number of ether oxygens (including phenoxy) is 1. The number of halogens is 1. The van der Waals surface area contributed by atoms with Gasteiger partial charge in [-0.3, -0.25) is 9.89 Å². The van der Waals surface area contributed by atoms with Crippen molar-refractivity contribution in [2.75, 3.05) is 5.32 Å². The molecule has 0 aliphatic carbocycles. The number of anilines is 1. The zero-order valence-corrected chi connectivity index (χ0v) is 15.6. The molecule has 7 heteroatoms. The van der Waals surface area contributed by atoms with Gasteiger partial charge in [0.15, 0.2) is 6.10 Å². The molecular formula is C20H18ClN3O3. The molecule has 0 bridgehead atoms. The maximum Gasteiger partial charge on any atom is 0.357 e. The lowest BCUT2D eigenvalue weighted by atomic mass is 10.1. The van der Waals surface area contributed by atoms with Gasteiger partial charge in [-0.1, -0.05) is 48.0 Å². The van der Waals surface area contributed by atoms with Gasteiger partial charge in [0.25, 0.3) is 5.91 Å². The fraction of sp³-hybridized carbons (Fsp3) is 0.150. The Morgan fingerprint density at radius 3 is 2.63 bits per heavy atom. The molecule has 1 aromatic heterocycles. The van der Waals surface area contributed by atoms with Crippen molar-refractivity contribution in [3.8, 4) is 11.3 Å². The van der Waals surface area contributed by atoms with E-state index in [0.29, 0.717) is 16.4 Å². The summed E-state index contributed by atoms with van der Waals surface area (Å²) in [6.07, 6.45) is -0.987. The van der Waals surface area contributed by atoms with E-state index in [2.05, 4.69) is 15.5 Å². The average Bonchev–Trinajstić information content (AvgIpc) is 3.15. The van der Waals surface area contributed by atoms with E-state index < -0.39 is 18.0 Å². The van der Waals surface area contributed by atoms with Gasteiger partial charge < -0.3 is 10.1 Å². The van der Waals surface area contributed by atoms with Crippen LogP contribution in [0, 0.1) is 6.92 Å². The number of hydrogen-bond donors (Lipinski definition) is 2. The number of rotatable bonds is 5. The van der Waals surface area contributed by atoms with E-state index in [0.717, 1.165) is 11.1 Å². The molecule has 0 aliphatic rings. The van der Waals surface area contributed by atoms with Crippen molar-refractivity contribution in [3.05, 3.63) is 70.9 Å². The molecule has 6 nitrogen and oxygen atoms in total. The Kier molecular flexibility index (Phi) is 5.57. The minimum absolute atomic E-state index is 0.174. The van der Waals surface area contributed by atoms with Crippen molar-refractivity contribution in [1.82, 2.24) is 10.2 Å². The fourth-order valence-electron chi connectivity index (χ4n) is 2.42. The summed E-state index contributed by atoms with van der Waals surface area (Å²) in [5, 5.41) is 9.97. The quantitative estimate of drug-likeness (QED) is 0.646. The van der Waals surface area contributed by atoms with Gasteiger partial charge in [-0.2, -0.15) is 5.10 Å². The van der Waals surface area contributed by atoms with Gasteiger partial charge in [-0.15, -0.1) is 0 Å². The van der Waals surface area contributed by atoms with Crippen LogP contribution in [0.2, 0.25) is 5.02 Å². The summed E-state index contributed by atoms with van der Waals surface area (Å²) in [6, 6.07) is 16.2. The van der Waals surface area contributed by atoms with Gasteiger partial charge in [0, 0.05) is 16.3 Å². The minimum Gasteiger partial charge on any atom is -0.448 e. The minimum atomic E-state index is -0.987. The van der Waals surface area contributed by atoms with Crippen LogP contribution in [-0.2, 0) is 9.53 Å². The van der Waals surface area contributed by atoms with Gasteiger partial charge in [-0.05, 0) is 37.6 Å². The Bertz CT molecular complexity index is 970. The first-order valence-electron chi connectivity index (χ1n) is 8.33. The molecule has 0 radical (unpaired) electrons. The number of carbonyl (C=O) groups excluding carboxylic acids is 2. The lowest BCUT2D eigenvalue weighted by Gasteiger charge is -2.14.